The van der Waals surface area contributed by atoms with E-state index in [4.69, 9.17) is 33.2 Å². The largest absolute Gasteiger partial charge is 0.394 e. The van der Waals surface area contributed by atoms with Gasteiger partial charge in [0.05, 0.1) is 25.9 Å². The van der Waals surface area contributed by atoms with E-state index >= 15 is 0 Å². The number of aliphatic hydroxyl groups is 15. The number of ether oxygens (including phenoxy) is 7. The molecule has 0 bridgehead atoms. The predicted octanol–water partition coefficient (Wildman–Crippen LogP) is -10.1. The Balaban J connectivity index is 1.78. The van der Waals surface area contributed by atoms with Gasteiger partial charge in [0.15, 0.2) is 31.3 Å². The minimum atomic E-state index is -3.43. The Labute approximate surface area is 259 Å². The van der Waals surface area contributed by atoms with Crippen molar-refractivity contribution in [3.05, 3.63) is 0 Å². The normalized spacial score (nSPS) is 55.3. The summed E-state index contributed by atoms with van der Waals surface area (Å²) in [5.41, 5.74) is 0. The third kappa shape index (κ3) is 6.67. The summed E-state index contributed by atoms with van der Waals surface area (Å²) in [5, 5.41) is 156. The van der Waals surface area contributed by atoms with E-state index in [1.54, 1.807) is 0 Å². The predicted molar refractivity (Wildman–Crippen MR) is 135 cm³/mol. The molecule has 4 aliphatic rings. The van der Waals surface area contributed by atoms with Gasteiger partial charge in [0.1, 0.15) is 73.2 Å². The first-order valence-corrected chi connectivity index (χ1v) is 14.2. The molecule has 4 saturated heterocycles. The topological polar surface area (TPSA) is 368 Å². The van der Waals surface area contributed by atoms with Crippen LogP contribution in [0.2, 0.25) is 0 Å². The second-order valence-corrected chi connectivity index (χ2v) is 11.5. The van der Waals surface area contributed by atoms with Crippen LogP contribution < -0.4 is 0 Å². The van der Waals surface area contributed by atoms with Gasteiger partial charge in [0.25, 0.3) is 0 Å². The molecule has 15 N–H and O–H groups in total. The second-order valence-electron chi connectivity index (χ2n) is 11.5. The van der Waals surface area contributed by atoms with Crippen LogP contribution in [0.15, 0.2) is 0 Å². The zero-order chi connectivity index (χ0) is 34.5. The van der Waals surface area contributed by atoms with Crippen molar-refractivity contribution < 1.29 is 110 Å². The summed E-state index contributed by atoms with van der Waals surface area (Å²) in [5.74, 6) is -6.69. The Morgan fingerprint density at radius 2 is 1.07 bits per heavy atom. The van der Waals surface area contributed by atoms with Crippen LogP contribution >= 0.6 is 0 Å². The lowest BCUT2D eigenvalue weighted by Crippen LogP contribution is -2.75. The number of aliphatic hydroxyl groups excluding tert-OH is 13. The van der Waals surface area contributed by atoms with Crippen molar-refractivity contribution in [3.63, 3.8) is 0 Å². The summed E-state index contributed by atoms with van der Waals surface area (Å²) < 4.78 is 37.5. The summed E-state index contributed by atoms with van der Waals surface area (Å²) in [6, 6.07) is 0. The molecule has 0 amide bonds. The lowest BCUT2D eigenvalue weighted by molar-refractivity contribution is -0.489. The SMILES string of the molecule is C[C@@H]1O[C@@H](O[C@H]2[C@H](O[C@]3(O)[C@H](O)[C@@H](O)[C@H](O)O[C@@H]3CO)O[C@H](CO)[C@H](O)[C@@]2(O)O[C@H]2O[C@H](CO)[C@H](O)[C@H](O)[C@H]2O)[C@@H](O)[C@H](O)[C@@H]1O. The summed E-state index contributed by atoms with van der Waals surface area (Å²) in [6.07, 6.45) is -37.6. The van der Waals surface area contributed by atoms with Crippen molar-refractivity contribution >= 4 is 0 Å². The van der Waals surface area contributed by atoms with E-state index in [0.717, 1.165) is 0 Å². The van der Waals surface area contributed by atoms with Crippen LogP contribution in [0.3, 0.4) is 0 Å². The highest BCUT2D eigenvalue weighted by atomic mass is 16.8. The van der Waals surface area contributed by atoms with E-state index in [-0.39, 0.29) is 0 Å². The Kier molecular flexibility index (Phi) is 12.0. The standard InChI is InChI=1S/C24H42O22/c1-5-9(28)11(30)13(32)20(40-5)44-18-22(46-23(38)8(4-27)43-19(37)15(34)17(23)36)42-7(3-26)16(35)24(18,39)45-21-14(33)12(31)10(29)6(2-25)41-21/h5-22,25-39H,2-4H2,1H3/t5-,6+,7+,8+,9+,10-,11+,12-,13-,14+,15+,16-,17+,18-,19+,20-,21+,22-,23-,24+/m0/s1. The molecule has 22 heteroatoms. The fourth-order valence-corrected chi connectivity index (χ4v) is 5.54. The fraction of sp³-hybridized carbons (Fsp3) is 1.00. The molecule has 4 heterocycles. The van der Waals surface area contributed by atoms with Crippen LogP contribution in [0.4, 0.5) is 0 Å². The highest BCUT2D eigenvalue weighted by molar-refractivity contribution is 5.03. The summed E-state index contributed by atoms with van der Waals surface area (Å²) >= 11 is 0. The minimum absolute atomic E-state index is 0.957. The minimum Gasteiger partial charge on any atom is -0.394 e. The molecule has 22 nitrogen and oxygen atoms in total. The number of rotatable bonds is 9. The first-order chi connectivity index (χ1) is 21.5. The van der Waals surface area contributed by atoms with Gasteiger partial charge in [-0.1, -0.05) is 0 Å². The molecular formula is C24H42O22. The van der Waals surface area contributed by atoms with Gasteiger partial charge in [-0.3, -0.25) is 0 Å². The van der Waals surface area contributed by atoms with Crippen molar-refractivity contribution in [3.8, 4) is 0 Å². The highest BCUT2D eigenvalue weighted by Gasteiger charge is 2.65. The molecule has 0 aromatic rings. The van der Waals surface area contributed by atoms with E-state index < -0.39 is 142 Å². The van der Waals surface area contributed by atoms with Crippen molar-refractivity contribution in [1.29, 1.82) is 0 Å². The Morgan fingerprint density at radius 1 is 0.522 bits per heavy atom. The molecular weight excluding hydrogens is 640 g/mol. The van der Waals surface area contributed by atoms with E-state index in [0.29, 0.717) is 0 Å². The van der Waals surface area contributed by atoms with Crippen molar-refractivity contribution in [2.45, 2.75) is 129 Å². The lowest BCUT2D eigenvalue weighted by Gasteiger charge is -2.54. The van der Waals surface area contributed by atoms with Gasteiger partial charge in [-0.15, -0.1) is 0 Å². The van der Waals surface area contributed by atoms with Crippen LogP contribution in [0.25, 0.3) is 0 Å². The van der Waals surface area contributed by atoms with Gasteiger partial charge in [0, 0.05) is 0 Å². The monoisotopic (exact) mass is 682 g/mol. The van der Waals surface area contributed by atoms with Crippen molar-refractivity contribution in [2.75, 3.05) is 19.8 Å². The van der Waals surface area contributed by atoms with Crippen LogP contribution in [-0.2, 0) is 33.2 Å². The van der Waals surface area contributed by atoms with E-state index in [9.17, 15) is 76.6 Å². The Bertz CT molecular complexity index is 990. The van der Waals surface area contributed by atoms with Gasteiger partial charge in [0.2, 0.25) is 11.6 Å². The molecule has 0 spiro atoms. The van der Waals surface area contributed by atoms with Gasteiger partial charge >= 0.3 is 0 Å². The summed E-state index contributed by atoms with van der Waals surface area (Å²) in [4.78, 5) is 0. The first-order valence-electron chi connectivity index (χ1n) is 14.2. The molecule has 4 aliphatic heterocycles. The fourth-order valence-electron chi connectivity index (χ4n) is 5.54. The molecule has 0 aromatic carbocycles. The van der Waals surface area contributed by atoms with Crippen molar-refractivity contribution in [1.82, 2.24) is 0 Å². The van der Waals surface area contributed by atoms with E-state index in [1.165, 1.54) is 6.92 Å². The zero-order valence-electron chi connectivity index (χ0n) is 24.1. The maximum atomic E-state index is 11.9. The summed E-state index contributed by atoms with van der Waals surface area (Å²) in [6.45, 7) is -2.08. The molecule has 4 fully saturated rings. The average Bonchev–Trinajstić information content (AvgIpc) is 3.03. The smallest absolute Gasteiger partial charge is 0.229 e. The molecule has 0 aromatic heterocycles. The maximum Gasteiger partial charge on any atom is 0.229 e. The van der Waals surface area contributed by atoms with Crippen LogP contribution in [0.1, 0.15) is 6.92 Å². The molecule has 0 saturated carbocycles. The van der Waals surface area contributed by atoms with Gasteiger partial charge in [-0.25, -0.2) is 0 Å². The third-order valence-electron chi connectivity index (χ3n) is 8.44. The molecule has 0 aliphatic carbocycles. The number of hydrogen-bond acceptors (Lipinski definition) is 22. The molecule has 20 atom stereocenters. The van der Waals surface area contributed by atoms with Crippen LogP contribution in [0, 0.1) is 0 Å². The van der Waals surface area contributed by atoms with Crippen LogP contribution in [0.5, 0.6) is 0 Å². The van der Waals surface area contributed by atoms with Crippen molar-refractivity contribution in [2.24, 2.45) is 0 Å². The van der Waals surface area contributed by atoms with Gasteiger partial charge in [-0.2, -0.15) is 0 Å². The van der Waals surface area contributed by atoms with Gasteiger partial charge < -0.3 is 110 Å². The van der Waals surface area contributed by atoms with Crippen LogP contribution in [-0.4, -0.2) is 219 Å². The van der Waals surface area contributed by atoms with Gasteiger partial charge in [-0.05, 0) is 6.92 Å². The first kappa shape index (κ1) is 37.9. The molecule has 46 heavy (non-hydrogen) atoms. The average molecular weight is 683 g/mol. The quantitative estimate of drug-likeness (QED) is 0.100. The second kappa shape index (κ2) is 14.5. The van der Waals surface area contributed by atoms with E-state index in [2.05, 4.69) is 0 Å². The third-order valence-corrected chi connectivity index (χ3v) is 8.44. The zero-order valence-corrected chi connectivity index (χ0v) is 24.1. The number of hydrogen-bond donors (Lipinski definition) is 15. The molecule has 270 valence electrons. The maximum absolute atomic E-state index is 11.9. The van der Waals surface area contributed by atoms with E-state index in [1.807, 2.05) is 0 Å². The summed E-state index contributed by atoms with van der Waals surface area (Å²) in [7, 11) is 0. The Hall–Kier alpha value is -0.880. The molecule has 0 unspecified atom stereocenters. The molecule has 0 radical (unpaired) electrons. The lowest BCUT2D eigenvalue weighted by atomic mass is 9.91. The molecule has 4 rings (SSSR count). The highest BCUT2D eigenvalue weighted by Crippen LogP contribution is 2.42. The Morgan fingerprint density at radius 3 is 1.65 bits per heavy atom.